The third-order valence-electron chi connectivity index (χ3n) is 9.18. The van der Waals surface area contributed by atoms with Crippen LogP contribution in [0.15, 0.2) is 42.5 Å². The van der Waals surface area contributed by atoms with Crippen molar-refractivity contribution in [2.24, 2.45) is 0 Å². The van der Waals surface area contributed by atoms with Crippen LogP contribution in [0.4, 0.5) is 0 Å². The first-order valence-corrected chi connectivity index (χ1v) is 14.3. The Balaban J connectivity index is 1.21. The second-order valence-electron chi connectivity index (χ2n) is 11.5. The summed E-state index contributed by atoms with van der Waals surface area (Å²) in [5.41, 5.74) is 5.88. The first-order valence-electron chi connectivity index (χ1n) is 14.3. The largest absolute Gasteiger partial charge is 0.378 e. The summed E-state index contributed by atoms with van der Waals surface area (Å²) in [6, 6.07) is 15.3. The Morgan fingerprint density at radius 2 is 1.98 bits per heavy atom. The highest BCUT2D eigenvalue weighted by molar-refractivity contribution is 5.87. The molecule has 0 aromatic heterocycles. The number of piperidine rings is 1. The predicted molar refractivity (Wildman–Crippen MR) is 152 cm³/mol. The van der Waals surface area contributed by atoms with Crippen LogP contribution >= 0.6 is 0 Å². The summed E-state index contributed by atoms with van der Waals surface area (Å²) in [5, 5.41) is 15.8. The molecule has 210 valence electrons. The predicted octanol–water partition coefficient (Wildman–Crippen LogP) is 3.15. The van der Waals surface area contributed by atoms with E-state index >= 15 is 0 Å². The number of allylic oxidation sites excluding steroid dienone is 1. The van der Waals surface area contributed by atoms with Crippen molar-refractivity contribution in [3.63, 3.8) is 0 Å². The van der Waals surface area contributed by atoms with Gasteiger partial charge in [0.05, 0.1) is 37.5 Å². The van der Waals surface area contributed by atoms with Crippen molar-refractivity contribution < 1.29 is 19.0 Å². The third-order valence-corrected chi connectivity index (χ3v) is 9.18. The zero-order valence-corrected chi connectivity index (χ0v) is 23.4. The highest BCUT2D eigenvalue weighted by atomic mass is 16.5. The van der Waals surface area contributed by atoms with E-state index in [-0.39, 0.29) is 11.5 Å². The van der Waals surface area contributed by atoms with E-state index in [2.05, 4.69) is 64.1 Å². The molecule has 1 atom stereocenters. The molecule has 6 rings (SSSR count). The number of methoxy groups -OCH3 is 1. The zero-order valence-electron chi connectivity index (χ0n) is 23.4. The summed E-state index contributed by atoms with van der Waals surface area (Å²) < 4.78 is 17.3. The fraction of sp³-hybridized carbons (Fsp3) is 0.500. The lowest BCUT2D eigenvalue weighted by Crippen LogP contribution is -2.69. The first-order chi connectivity index (χ1) is 19.5. The summed E-state index contributed by atoms with van der Waals surface area (Å²) in [5.74, 6) is -0.245. The van der Waals surface area contributed by atoms with Crippen molar-refractivity contribution in [3.05, 3.63) is 64.7 Å². The number of likely N-dealkylation sites (tertiary alicyclic amines) is 1. The summed E-state index contributed by atoms with van der Waals surface area (Å²) in [7, 11) is 1.53. The van der Waals surface area contributed by atoms with Crippen molar-refractivity contribution in [3.8, 4) is 17.2 Å². The topological polar surface area (TPSA) is 95.9 Å². The quantitative estimate of drug-likeness (QED) is 0.529. The molecule has 8 nitrogen and oxygen atoms in total. The van der Waals surface area contributed by atoms with Crippen molar-refractivity contribution >= 4 is 12.0 Å². The highest BCUT2D eigenvalue weighted by Gasteiger charge is 2.46. The van der Waals surface area contributed by atoms with Crippen LogP contribution in [0.1, 0.15) is 42.0 Å². The average Bonchev–Trinajstić information content (AvgIpc) is 3.26. The van der Waals surface area contributed by atoms with Gasteiger partial charge in [-0.05, 0) is 65.3 Å². The Morgan fingerprint density at radius 1 is 1.23 bits per heavy atom. The number of fused-ring (bicyclic) bond motifs is 2. The summed E-state index contributed by atoms with van der Waals surface area (Å²) >= 11 is 0. The molecular formula is C32H38N4O4. The number of amides is 1. The minimum Gasteiger partial charge on any atom is -0.378 e. The van der Waals surface area contributed by atoms with Gasteiger partial charge in [0.15, 0.2) is 5.60 Å². The van der Waals surface area contributed by atoms with Crippen molar-refractivity contribution in [1.29, 1.82) is 5.26 Å². The second kappa shape index (κ2) is 11.1. The van der Waals surface area contributed by atoms with Crippen molar-refractivity contribution in [2.75, 3.05) is 46.5 Å². The lowest BCUT2D eigenvalue weighted by Gasteiger charge is -2.45. The van der Waals surface area contributed by atoms with E-state index in [1.807, 2.05) is 13.0 Å². The Morgan fingerprint density at radius 3 is 2.60 bits per heavy atom. The molecule has 2 N–H and O–H groups in total. The molecule has 2 aromatic rings. The molecule has 4 heterocycles. The van der Waals surface area contributed by atoms with Gasteiger partial charge >= 0.3 is 0 Å². The molecule has 0 radical (unpaired) electrons. The molecule has 0 saturated carbocycles. The fourth-order valence-electron chi connectivity index (χ4n) is 6.38. The van der Waals surface area contributed by atoms with Gasteiger partial charge in [0.1, 0.15) is 6.04 Å². The summed E-state index contributed by atoms with van der Waals surface area (Å²) in [6.45, 7) is 7.35. The molecular weight excluding hydrogens is 504 g/mol. The van der Waals surface area contributed by atoms with Crippen LogP contribution in [0.5, 0.6) is 0 Å². The van der Waals surface area contributed by atoms with Gasteiger partial charge in [-0.3, -0.25) is 9.69 Å². The molecule has 4 aliphatic heterocycles. The number of rotatable bonds is 8. The normalized spacial score (nSPS) is 22.3. The Hall–Kier alpha value is -3.06. The summed E-state index contributed by atoms with van der Waals surface area (Å²) in [4.78, 5) is 15.4. The number of hydrogen-bond acceptors (Lipinski definition) is 7. The van der Waals surface area contributed by atoms with E-state index in [0.29, 0.717) is 32.2 Å². The molecule has 3 saturated heterocycles. The molecule has 1 spiro atoms. The minimum absolute atomic E-state index is 0.202. The Labute approximate surface area is 236 Å². The molecule has 1 amide bonds. The molecule has 0 bridgehead atoms. The molecule has 3 fully saturated rings. The zero-order chi connectivity index (χ0) is 27.7. The maximum absolute atomic E-state index is 12.8. The van der Waals surface area contributed by atoms with Gasteiger partial charge in [-0.25, -0.2) is 0 Å². The van der Waals surface area contributed by atoms with Gasteiger partial charge in [0.2, 0.25) is 0 Å². The van der Waals surface area contributed by atoms with E-state index in [1.165, 1.54) is 23.8 Å². The third kappa shape index (κ3) is 4.87. The van der Waals surface area contributed by atoms with Crippen LogP contribution in [0, 0.1) is 11.3 Å². The van der Waals surface area contributed by atoms with Crippen LogP contribution in [0.25, 0.3) is 17.2 Å². The molecule has 8 heteroatoms. The monoisotopic (exact) mass is 542 g/mol. The maximum atomic E-state index is 12.8. The van der Waals surface area contributed by atoms with Crippen molar-refractivity contribution in [2.45, 2.75) is 56.1 Å². The number of ether oxygens (including phenoxy) is 3. The van der Waals surface area contributed by atoms with Gasteiger partial charge in [-0.15, -0.1) is 0 Å². The van der Waals surface area contributed by atoms with E-state index in [9.17, 15) is 10.1 Å². The standard InChI is InChI=1S/C32H38N4O4/c1-3-4-22-13-23(5-6-24(22)14-27(16-33)35-30(37)32(38-2)20-34-21-32)25-7-8-26-17-40-31(29(26)15-25)9-11-36(12-10-31)28-18-39-19-28/h3-8,13,15,27-28,34H,9-12,14,17-21H2,1-2H3,(H,35,37)/b4-3+/t27-/m0/s1. The number of hydrogen-bond donors (Lipinski definition) is 2. The van der Waals surface area contributed by atoms with Crippen LogP contribution in [0.3, 0.4) is 0 Å². The Kier molecular flexibility index (Phi) is 7.51. The number of benzene rings is 2. The SMILES string of the molecule is C/C=C/c1cc(-c2ccc3c(c2)C2(CCN(C4COC4)CC2)OC3)ccc1C[C@@H](C#N)NC(=O)C1(OC)CNC1. The number of nitriles is 1. The fourth-order valence-corrected chi connectivity index (χ4v) is 6.38. The van der Waals surface area contributed by atoms with Gasteiger partial charge in [-0.2, -0.15) is 5.26 Å². The van der Waals surface area contributed by atoms with E-state index < -0.39 is 11.6 Å². The summed E-state index contributed by atoms with van der Waals surface area (Å²) in [6.07, 6.45) is 6.50. The van der Waals surface area contributed by atoms with Crippen LogP contribution < -0.4 is 10.6 Å². The second-order valence-corrected chi connectivity index (χ2v) is 11.5. The molecule has 0 unspecified atom stereocenters. The molecule has 2 aromatic carbocycles. The molecule has 4 aliphatic rings. The number of nitrogens with zero attached hydrogens (tertiary/aromatic N) is 2. The minimum atomic E-state index is -0.887. The van der Waals surface area contributed by atoms with E-state index in [4.69, 9.17) is 14.2 Å². The number of carbonyl (C=O) groups is 1. The number of carbonyl (C=O) groups excluding carboxylic acids is 1. The lowest BCUT2D eigenvalue weighted by molar-refractivity contribution is -0.150. The smallest absolute Gasteiger partial charge is 0.255 e. The van der Waals surface area contributed by atoms with Gasteiger partial charge in [-0.1, -0.05) is 36.4 Å². The van der Waals surface area contributed by atoms with Crippen LogP contribution in [-0.2, 0) is 37.6 Å². The van der Waals surface area contributed by atoms with Crippen LogP contribution in [0.2, 0.25) is 0 Å². The Bertz CT molecular complexity index is 1330. The average molecular weight is 543 g/mol. The number of nitrogens with one attached hydrogen (secondary N) is 2. The van der Waals surface area contributed by atoms with Crippen molar-refractivity contribution in [1.82, 2.24) is 15.5 Å². The van der Waals surface area contributed by atoms with Gasteiger partial charge < -0.3 is 24.8 Å². The lowest BCUT2D eigenvalue weighted by atomic mass is 9.82. The highest BCUT2D eigenvalue weighted by Crippen LogP contribution is 2.46. The maximum Gasteiger partial charge on any atom is 0.255 e. The van der Waals surface area contributed by atoms with Gasteiger partial charge in [0, 0.05) is 39.7 Å². The van der Waals surface area contributed by atoms with E-state index in [1.54, 1.807) is 0 Å². The molecule has 40 heavy (non-hydrogen) atoms. The van der Waals surface area contributed by atoms with E-state index in [0.717, 1.165) is 55.8 Å². The van der Waals surface area contributed by atoms with Crippen LogP contribution in [-0.4, -0.2) is 75.0 Å². The molecule has 0 aliphatic carbocycles. The first kappa shape index (κ1) is 27.1. The van der Waals surface area contributed by atoms with Gasteiger partial charge in [0.25, 0.3) is 5.91 Å².